The number of carbonyl (C=O) groups excluding carboxylic acids is 1. The van der Waals surface area contributed by atoms with E-state index >= 15 is 0 Å². The van der Waals surface area contributed by atoms with Crippen LogP contribution >= 0.6 is 23.2 Å². The number of carbonyl (C=O) groups is 1. The minimum atomic E-state index is -0.564. The maximum atomic E-state index is 12.4. The van der Waals surface area contributed by atoms with Gasteiger partial charge in [0, 0.05) is 5.69 Å². The molecule has 0 heterocycles. The van der Waals surface area contributed by atoms with Crippen LogP contribution in [0.25, 0.3) is 6.08 Å². The molecule has 0 fully saturated rings. The number of ether oxygens (including phenoxy) is 2. The van der Waals surface area contributed by atoms with E-state index in [9.17, 15) is 10.1 Å². The minimum Gasteiger partial charge on any atom is -0.490 e. The second-order valence-electron chi connectivity index (χ2n) is 5.49. The Balaban J connectivity index is 2.25. The fourth-order valence-electron chi connectivity index (χ4n) is 2.24. The van der Waals surface area contributed by atoms with Gasteiger partial charge in [0.15, 0.2) is 11.5 Å². The molecular formula is C21H18Cl2N2O3. The summed E-state index contributed by atoms with van der Waals surface area (Å²) in [4.78, 5) is 12.4. The first-order valence-corrected chi connectivity index (χ1v) is 9.12. The molecule has 7 heteroatoms. The Bertz CT molecular complexity index is 949. The van der Waals surface area contributed by atoms with Crippen LogP contribution in [0.3, 0.4) is 0 Å². The van der Waals surface area contributed by atoms with Gasteiger partial charge in [-0.15, -0.1) is 0 Å². The first-order valence-electron chi connectivity index (χ1n) is 8.37. The van der Waals surface area contributed by atoms with Gasteiger partial charge in [-0.3, -0.25) is 4.79 Å². The highest BCUT2D eigenvalue weighted by Crippen LogP contribution is 2.30. The molecule has 2 aromatic rings. The Kier molecular flexibility index (Phi) is 7.94. The molecule has 28 heavy (non-hydrogen) atoms. The standard InChI is InChI=1S/C21H18Cl2N2O3/c1-3-9-28-19-8-5-14(11-20(19)27-4-2)10-15(13-24)21(26)25-16-6-7-17(22)18(23)12-16/h3,5-8,10-12H,1,4,9H2,2H3,(H,25,26)/b15-10+. The first-order chi connectivity index (χ1) is 13.5. The van der Waals surface area contributed by atoms with Crippen LogP contribution in [-0.4, -0.2) is 19.1 Å². The van der Waals surface area contributed by atoms with Gasteiger partial charge >= 0.3 is 0 Å². The highest BCUT2D eigenvalue weighted by Gasteiger charge is 2.12. The summed E-state index contributed by atoms with van der Waals surface area (Å²) in [7, 11) is 0. The van der Waals surface area contributed by atoms with E-state index in [0.29, 0.717) is 46.0 Å². The van der Waals surface area contributed by atoms with E-state index in [1.54, 1.807) is 36.4 Å². The van der Waals surface area contributed by atoms with Gasteiger partial charge in [-0.25, -0.2) is 0 Å². The highest BCUT2D eigenvalue weighted by atomic mass is 35.5. The zero-order chi connectivity index (χ0) is 20.5. The third-order valence-corrected chi connectivity index (χ3v) is 4.22. The summed E-state index contributed by atoms with van der Waals surface area (Å²) in [5.74, 6) is 0.503. The maximum absolute atomic E-state index is 12.4. The predicted octanol–water partition coefficient (Wildman–Crippen LogP) is 5.50. The summed E-state index contributed by atoms with van der Waals surface area (Å²) in [5, 5.41) is 12.7. The van der Waals surface area contributed by atoms with Crippen molar-refractivity contribution in [3.05, 3.63) is 70.2 Å². The number of rotatable bonds is 8. The molecule has 0 aliphatic carbocycles. The van der Waals surface area contributed by atoms with Crippen molar-refractivity contribution in [3.8, 4) is 17.6 Å². The van der Waals surface area contributed by atoms with Crippen LogP contribution in [0.15, 0.2) is 54.6 Å². The topological polar surface area (TPSA) is 71.3 Å². The fraction of sp³-hybridized carbons (Fsp3) is 0.143. The van der Waals surface area contributed by atoms with Crippen molar-refractivity contribution in [3.63, 3.8) is 0 Å². The van der Waals surface area contributed by atoms with E-state index in [4.69, 9.17) is 32.7 Å². The summed E-state index contributed by atoms with van der Waals surface area (Å²) in [6, 6.07) is 11.7. The fourth-order valence-corrected chi connectivity index (χ4v) is 2.54. The molecule has 0 radical (unpaired) electrons. The quantitative estimate of drug-likeness (QED) is 0.350. The van der Waals surface area contributed by atoms with E-state index < -0.39 is 5.91 Å². The number of anilines is 1. The molecule has 0 saturated heterocycles. The van der Waals surface area contributed by atoms with Gasteiger partial charge in [-0.05, 0) is 48.9 Å². The van der Waals surface area contributed by atoms with Crippen molar-refractivity contribution in [2.45, 2.75) is 6.92 Å². The molecule has 1 amide bonds. The zero-order valence-electron chi connectivity index (χ0n) is 15.2. The van der Waals surface area contributed by atoms with Crippen LogP contribution in [0, 0.1) is 11.3 Å². The van der Waals surface area contributed by atoms with Gasteiger partial charge in [-0.1, -0.05) is 41.9 Å². The van der Waals surface area contributed by atoms with Gasteiger partial charge in [0.2, 0.25) is 0 Å². The number of nitrogens with zero attached hydrogens (tertiary/aromatic N) is 1. The summed E-state index contributed by atoms with van der Waals surface area (Å²) < 4.78 is 11.1. The van der Waals surface area contributed by atoms with Crippen molar-refractivity contribution >= 4 is 40.9 Å². The zero-order valence-corrected chi connectivity index (χ0v) is 16.7. The van der Waals surface area contributed by atoms with Crippen molar-refractivity contribution in [1.82, 2.24) is 0 Å². The molecule has 0 bridgehead atoms. The predicted molar refractivity (Wildman–Crippen MR) is 112 cm³/mol. The number of hydrogen-bond acceptors (Lipinski definition) is 4. The van der Waals surface area contributed by atoms with Gasteiger partial charge < -0.3 is 14.8 Å². The van der Waals surface area contributed by atoms with Gasteiger partial charge in [0.25, 0.3) is 5.91 Å². The van der Waals surface area contributed by atoms with Crippen LogP contribution < -0.4 is 14.8 Å². The number of benzene rings is 2. The smallest absolute Gasteiger partial charge is 0.266 e. The number of hydrogen-bond donors (Lipinski definition) is 1. The summed E-state index contributed by atoms with van der Waals surface area (Å²) in [6.07, 6.45) is 3.09. The van der Waals surface area contributed by atoms with Crippen molar-refractivity contribution in [1.29, 1.82) is 5.26 Å². The lowest BCUT2D eigenvalue weighted by Gasteiger charge is -2.11. The average molecular weight is 417 g/mol. The van der Waals surface area contributed by atoms with Crippen molar-refractivity contribution < 1.29 is 14.3 Å². The second kappa shape index (κ2) is 10.4. The molecule has 0 spiro atoms. The summed E-state index contributed by atoms with van der Waals surface area (Å²) >= 11 is 11.8. The van der Waals surface area contributed by atoms with E-state index in [2.05, 4.69) is 11.9 Å². The van der Waals surface area contributed by atoms with Crippen LogP contribution in [0.5, 0.6) is 11.5 Å². The van der Waals surface area contributed by atoms with Gasteiger partial charge in [0.05, 0.1) is 16.7 Å². The number of amides is 1. The van der Waals surface area contributed by atoms with Crippen LogP contribution in [0.1, 0.15) is 12.5 Å². The van der Waals surface area contributed by atoms with Crippen molar-refractivity contribution in [2.75, 3.05) is 18.5 Å². The van der Waals surface area contributed by atoms with Crippen LogP contribution in [-0.2, 0) is 4.79 Å². The third kappa shape index (κ3) is 5.78. The molecule has 0 saturated carbocycles. The second-order valence-corrected chi connectivity index (χ2v) is 6.31. The normalized spacial score (nSPS) is 10.7. The lowest BCUT2D eigenvalue weighted by Crippen LogP contribution is -2.13. The van der Waals surface area contributed by atoms with E-state index in [1.165, 1.54) is 12.1 Å². The highest BCUT2D eigenvalue weighted by molar-refractivity contribution is 6.42. The lowest BCUT2D eigenvalue weighted by molar-refractivity contribution is -0.112. The third-order valence-electron chi connectivity index (χ3n) is 3.48. The molecule has 0 aromatic heterocycles. The first kappa shape index (κ1) is 21.4. The maximum Gasteiger partial charge on any atom is 0.266 e. The molecule has 0 aliphatic heterocycles. The Morgan fingerprint density at radius 2 is 1.96 bits per heavy atom. The SMILES string of the molecule is C=CCOc1ccc(/C=C(\C#N)C(=O)Nc2ccc(Cl)c(Cl)c2)cc1OCC. The van der Waals surface area contributed by atoms with E-state index in [0.717, 1.165) is 0 Å². The van der Waals surface area contributed by atoms with Crippen molar-refractivity contribution in [2.24, 2.45) is 0 Å². The minimum absolute atomic E-state index is 0.0757. The molecular weight excluding hydrogens is 399 g/mol. The number of nitrogens with one attached hydrogen (secondary N) is 1. The van der Waals surface area contributed by atoms with Gasteiger partial charge in [0.1, 0.15) is 18.2 Å². The molecule has 5 nitrogen and oxygen atoms in total. The summed E-state index contributed by atoms with van der Waals surface area (Å²) in [6.45, 7) is 6.25. The number of halogens is 2. The largest absolute Gasteiger partial charge is 0.490 e. The lowest BCUT2D eigenvalue weighted by atomic mass is 10.1. The Hall–Kier alpha value is -2.94. The molecule has 144 valence electrons. The molecule has 0 atom stereocenters. The monoisotopic (exact) mass is 416 g/mol. The van der Waals surface area contributed by atoms with Gasteiger partial charge in [-0.2, -0.15) is 5.26 Å². The Morgan fingerprint density at radius 3 is 2.61 bits per heavy atom. The van der Waals surface area contributed by atoms with Crippen LogP contribution in [0.2, 0.25) is 10.0 Å². The number of nitriles is 1. The molecule has 2 rings (SSSR count). The van der Waals surface area contributed by atoms with E-state index in [1.807, 2.05) is 13.0 Å². The molecule has 0 unspecified atom stereocenters. The van der Waals surface area contributed by atoms with Crippen LogP contribution in [0.4, 0.5) is 5.69 Å². The Labute approximate surface area is 173 Å². The molecule has 2 aromatic carbocycles. The molecule has 0 aliphatic rings. The van der Waals surface area contributed by atoms with E-state index in [-0.39, 0.29) is 5.57 Å². The average Bonchev–Trinajstić information content (AvgIpc) is 2.68. The summed E-state index contributed by atoms with van der Waals surface area (Å²) in [5.41, 5.74) is 0.979. The Morgan fingerprint density at radius 1 is 1.18 bits per heavy atom. The molecule has 1 N–H and O–H groups in total.